The van der Waals surface area contributed by atoms with Crippen LogP contribution in [0, 0.1) is 11.2 Å². The number of piperazine rings is 1. The summed E-state index contributed by atoms with van der Waals surface area (Å²) in [5.74, 6) is 0.579. The van der Waals surface area contributed by atoms with Crippen molar-refractivity contribution < 1.29 is 13.9 Å². The Balaban J connectivity index is 0.00000441. The number of carbonyl (C=O) groups excluding carboxylic acids is 1. The number of rotatable bonds is 13. The van der Waals surface area contributed by atoms with Crippen molar-refractivity contribution in [1.29, 1.82) is 0 Å². The minimum Gasteiger partial charge on any atom is -0.493 e. The topological polar surface area (TPSA) is 74.1 Å². The molecule has 0 unspecified atom stereocenters. The van der Waals surface area contributed by atoms with Crippen molar-refractivity contribution in [2.24, 2.45) is 11.1 Å². The van der Waals surface area contributed by atoms with E-state index >= 15 is 0 Å². The Morgan fingerprint density at radius 2 is 1.73 bits per heavy atom. The van der Waals surface area contributed by atoms with Crippen molar-refractivity contribution in [1.82, 2.24) is 20.0 Å². The molecule has 0 atom stereocenters. The Hall–Kier alpha value is -2.23. The summed E-state index contributed by atoms with van der Waals surface area (Å²) >= 11 is 0. The molecule has 0 aromatic heterocycles. The quantitative estimate of drug-likeness (QED) is 0.356. The highest BCUT2D eigenvalue weighted by atomic mass is 35.5. The first-order valence-corrected chi connectivity index (χ1v) is 14.6. The van der Waals surface area contributed by atoms with E-state index in [9.17, 15) is 9.18 Å². The Bertz CT molecular complexity index is 1030. The van der Waals surface area contributed by atoms with Crippen molar-refractivity contribution in [3.63, 3.8) is 0 Å². The molecule has 0 spiro atoms. The molecule has 0 saturated carbocycles. The number of piperidine rings is 1. The number of hydrogen-bond donors (Lipinski definition) is 2. The molecule has 2 aromatic rings. The van der Waals surface area contributed by atoms with Crippen LogP contribution >= 0.6 is 12.4 Å². The highest BCUT2D eigenvalue weighted by Crippen LogP contribution is 2.36. The molecule has 2 fully saturated rings. The van der Waals surface area contributed by atoms with E-state index < -0.39 is 0 Å². The summed E-state index contributed by atoms with van der Waals surface area (Å²) in [6.45, 7) is 10.6. The number of carbonyl (C=O) groups is 1. The molecule has 1 amide bonds. The summed E-state index contributed by atoms with van der Waals surface area (Å²) in [5.41, 5.74) is 7.96. The number of amides is 1. The number of nitrogens with zero attached hydrogens (tertiary/aromatic N) is 3. The smallest absolute Gasteiger partial charge is 0.236 e. The molecule has 40 heavy (non-hydrogen) atoms. The second-order valence-corrected chi connectivity index (χ2v) is 11.0. The van der Waals surface area contributed by atoms with Crippen LogP contribution in [0.15, 0.2) is 48.5 Å². The molecule has 2 saturated heterocycles. The van der Waals surface area contributed by atoms with E-state index in [2.05, 4.69) is 45.4 Å². The first kappa shape index (κ1) is 32.3. The number of nitrogens with two attached hydrogens (primary N) is 1. The molecule has 7 nitrogen and oxygen atoms in total. The lowest BCUT2D eigenvalue weighted by Crippen LogP contribution is -2.53. The first-order valence-electron chi connectivity index (χ1n) is 14.6. The standard InChI is InChI=1S/C31H46FN5O2.ClH/c1-2-39-29-10-6-9-28(32)27(29)23-36-19-21-37(22-20-36)30(38)24-35-17-13-31(14-18-35,25-34-16-15-33)12-11-26-7-4-3-5-8-26;/h3-10,34H,2,11-25,33H2,1H3;1H. The van der Waals surface area contributed by atoms with E-state index in [0.29, 0.717) is 50.6 Å². The van der Waals surface area contributed by atoms with Gasteiger partial charge in [0, 0.05) is 57.9 Å². The summed E-state index contributed by atoms with van der Waals surface area (Å²) < 4.78 is 20.1. The third-order valence-corrected chi connectivity index (χ3v) is 8.37. The maximum Gasteiger partial charge on any atom is 0.236 e. The molecular formula is C31H47ClFN5O2. The molecule has 2 aliphatic rings. The van der Waals surface area contributed by atoms with Gasteiger partial charge in [0.2, 0.25) is 5.91 Å². The first-order chi connectivity index (χ1) is 19.0. The molecule has 2 aliphatic heterocycles. The maximum atomic E-state index is 14.5. The van der Waals surface area contributed by atoms with Crippen LogP contribution in [0.5, 0.6) is 5.75 Å². The molecule has 4 rings (SSSR count). The van der Waals surface area contributed by atoms with Gasteiger partial charge >= 0.3 is 0 Å². The van der Waals surface area contributed by atoms with Crippen LogP contribution < -0.4 is 15.8 Å². The normalized spacial score (nSPS) is 17.8. The minimum atomic E-state index is -0.234. The third-order valence-electron chi connectivity index (χ3n) is 8.37. The van der Waals surface area contributed by atoms with Gasteiger partial charge in [-0.25, -0.2) is 4.39 Å². The van der Waals surface area contributed by atoms with Crippen molar-refractivity contribution in [2.75, 3.05) is 72.1 Å². The highest BCUT2D eigenvalue weighted by molar-refractivity contribution is 5.85. The van der Waals surface area contributed by atoms with Gasteiger partial charge in [-0.05, 0) is 68.8 Å². The second-order valence-electron chi connectivity index (χ2n) is 11.0. The summed E-state index contributed by atoms with van der Waals surface area (Å²) in [5, 5.41) is 3.57. The van der Waals surface area contributed by atoms with E-state index in [4.69, 9.17) is 10.5 Å². The Kier molecular flexibility index (Phi) is 13.1. The van der Waals surface area contributed by atoms with Gasteiger partial charge in [-0.3, -0.25) is 14.6 Å². The number of benzene rings is 2. The van der Waals surface area contributed by atoms with Crippen LogP contribution in [0.4, 0.5) is 4.39 Å². The Morgan fingerprint density at radius 3 is 2.40 bits per heavy atom. The van der Waals surface area contributed by atoms with E-state index in [0.717, 1.165) is 65.0 Å². The highest BCUT2D eigenvalue weighted by Gasteiger charge is 2.35. The Labute approximate surface area is 245 Å². The molecule has 222 valence electrons. The number of aryl methyl sites for hydroxylation is 1. The van der Waals surface area contributed by atoms with Gasteiger partial charge in [0.15, 0.2) is 0 Å². The lowest BCUT2D eigenvalue weighted by atomic mass is 9.74. The van der Waals surface area contributed by atoms with Gasteiger partial charge in [0.05, 0.1) is 13.2 Å². The monoisotopic (exact) mass is 575 g/mol. The van der Waals surface area contributed by atoms with Gasteiger partial charge < -0.3 is 20.7 Å². The Morgan fingerprint density at radius 1 is 1.00 bits per heavy atom. The molecule has 0 bridgehead atoms. The molecule has 0 aliphatic carbocycles. The van der Waals surface area contributed by atoms with Crippen LogP contribution in [-0.2, 0) is 17.8 Å². The van der Waals surface area contributed by atoms with E-state index in [1.54, 1.807) is 6.07 Å². The molecule has 2 heterocycles. The van der Waals surface area contributed by atoms with Crippen LogP contribution in [0.25, 0.3) is 0 Å². The van der Waals surface area contributed by atoms with Crippen molar-refractivity contribution in [2.45, 2.75) is 39.2 Å². The molecule has 9 heteroatoms. The van der Waals surface area contributed by atoms with Gasteiger partial charge in [0.1, 0.15) is 11.6 Å². The number of likely N-dealkylation sites (tertiary alicyclic amines) is 1. The van der Waals surface area contributed by atoms with E-state index in [-0.39, 0.29) is 29.5 Å². The van der Waals surface area contributed by atoms with Crippen LogP contribution in [0.1, 0.15) is 37.3 Å². The summed E-state index contributed by atoms with van der Waals surface area (Å²) in [7, 11) is 0. The third kappa shape index (κ3) is 9.14. The van der Waals surface area contributed by atoms with Crippen LogP contribution in [-0.4, -0.2) is 92.7 Å². The number of hydrogen-bond acceptors (Lipinski definition) is 6. The predicted molar refractivity (Wildman–Crippen MR) is 161 cm³/mol. The molecule has 0 radical (unpaired) electrons. The number of halogens is 2. The largest absolute Gasteiger partial charge is 0.493 e. The van der Waals surface area contributed by atoms with E-state index in [1.165, 1.54) is 11.6 Å². The molecule has 3 N–H and O–H groups in total. The number of nitrogens with one attached hydrogen (secondary N) is 1. The minimum absolute atomic E-state index is 0. The van der Waals surface area contributed by atoms with Crippen LogP contribution in [0.2, 0.25) is 0 Å². The summed E-state index contributed by atoms with van der Waals surface area (Å²) in [6.07, 6.45) is 4.39. The van der Waals surface area contributed by atoms with E-state index in [1.807, 2.05) is 17.9 Å². The zero-order valence-corrected chi connectivity index (χ0v) is 24.8. The average Bonchev–Trinajstić information content (AvgIpc) is 2.96. The van der Waals surface area contributed by atoms with Crippen molar-refractivity contribution in [3.8, 4) is 5.75 Å². The SMILES string of the molecule is CCOc1cccc(F)c1CN1CCN(C(=O)CN2CCC(CCc3ccccc3)(CNCCN)CC2)CC1.Cl. The lowest BCUT2D eigenvalue weighted by Gasteiger charge is -2.43. The van der Waals surface area contributed by atoms with Gasteiger partial charge in [-0.1, -0.05) is 36.4 Å². The summed E-state index contributed by atoms with van der Waals surface area (Å²) in [4.78, 5) is 19.7. The van der Waals surface area contributed by atoms with Gasteiger partial charge in [0.25, 0.3) is 0 Å². The number of ether oxygens (including phenoxy) is 1. The summed E-state index contributed by atoms with van der Waals surface area (Å²) in [6, 6.07) is 15.7. The zero-order chi connectivity index (χ0) is 27.5. The lowest BCUT2D eigenvalue weighted by molar-refractivity contribution is -0.134. The van der Waals surface area contributed by atoms with Gasteiger partial charge in [-0.15, -0.1) is 12.4 Å². The second kappa shape index (κ2) is 16.3. The fraction of sp³-hybridized carbons (Fsp3) is 0.581. The molecule has 2 aromatic carbocycles. The van der Waals surface area contributed by atoms with Crippen LogP contribution in [0.3, 0.4) is 0 Å². The predicted octanol–water partition coefficient (Wildman–Crippen LogP) is 3.55. The fourth-order valence-corrected chi connectivity index (χ4v) is 5.86. The maximum absolute atomic E-state index is 14.5. The average molecular weight is 576 g/mol. The van der Waals surface area contributed by atoms with Crippen molar-refractivity contribution in [3.05, 3.63) is 65.5 Å². The molecular weight excluding hydrogens is 529 g/mol. The van der Waals surface area contributed by atoms with Crippen molar-refractivity contribution >= 4 is 18.3 Å². The fourth-order valence-electron chi connectivity index (χ4n) is 5.86. The van der Waals surface area contributed by atoms with Gasteiger partial charge in [-0.2, -0.15) is 0 Å². The zero-order valence-electron chi connectivity index (χ0n) is 24.0.